The fourth-order valence-corrected chi connectivity index (χ4v) is 1.95. The van der Waals surface area contributed by atoms with Crippen LogP contribution in [-0.2, 0) is 9.47 Å². The standard InChI is InChI=1S/C10H16N4O2/c1-15-7-5-14(6-8(7)16-2)10-9(11)12-3-4-13-10/h3-4,7-8H,5-6H2,1-2H3,(H2,11,12). The third-order valence-corrected chi connectivity index (χ3v) is 2.83. The first-order valence-electron chi connectivity index (χ1n) is 5.13. The first-order chi connectivity index (χ1) is 7.76. The summed E-state index contributed by atoms with van der Waals surface area (Å²) in [4.78, 5) is 10.3. The van der Waals surface area contributed by atoms with E-state index < -0.39 is 0 Å². The predicted octanol–water partition coefficient (Wildman–Crippen LogP) is -0.0912. The van der Waals surface area contributed by atoms with Crippen molar-refractivity contribution in [2.24, 2.45) is 0 Å². The quantitative estimate of drug-likeness (QED) is 0.773. The van der Waals surface area contributed by atoms with Gasteiger partial charge in [0.2, 0.25) is 0 Å². The molecule has 2 N–H and O–H groups in total. The minimum absolute atomic E-state index is 0.0476. The van der Waals surface area contributed by atoms with Crippen molar-refractivity contribution in [3.8, 4) is 0 Å². The van der Waals surface area contributed by atoms with Gasteiger partial charge < -0.3 is 20.1 Å². The van der Waals surface area contributed by atoms with Crippen LogP contribution in [0.25, 0.3) is 0 Å². The van der Waals surface area contributed by atoms with Crippen LogP contribution in [0.15, 0.2) is 12.4 Å². The van der Waals surface area contributed by atoms with Crippen molar-refractivity contribution in [2.75, 3.05) is 37.9 Å². The first-order valence-corrected chi connectivity index (χ1v) is 5.13. The Hall–Kier alpha value is -1.40. The Morgan fingerprint density at radius 1 is 1.19 bits per heavy atom. The molecular weight excluding hydrogens is 208 g/mol. The molecule has 88 valence electrons. The minimum Gasteiger partial charge on any atom is -0.381 e. The molecule has 1 aliphatic rings. The van der Waals surface area contributed by atoms with Crippen molar-refractivity contribution in [3.05, 3.63) is 12.4 Å². The monoisotopic (exact) mass is 224 g/mol. The summed E-state index contributed by atoms with van der Waals surface area (Å²) in [5.74, 6) is 1.14. The van der Waals surface area contributed by atoms with Crippen LogP contribution in [0.4, 0.5) is 11.6 Å². The highest BCUT2D eigenvalue weighted by atomic mass is 16.5. The van der Waals surface area contributed by atoms with Gasteiger partial charge in [0.15, 0.2) is 11.6 Å². The predicted molar refractivity (Wildman–Crippen MR) is 60.3 cm³/mol. The summed E-state index contributed by atoms with van der Waals surface area (Å²) in [5, 5.41) is 0. The molecule has 0 amide bonds. The highest BCUT2D eigenvalue weighted by Crippen LogP contribution is 2.24. The van der Waals surface area contributed by atoms with Gasteiger partial charge >= 0.3 is 0 Å². The van der Waals surface area contributed by atoms with E-state index in [-0.39, 0.29) is 12.2 Å². The summed E-state index contributed by atoms with van der Waals surface area (Å²) in [6, 6.07) is 0. The van der Waals surface area contributed by atoms with Gasteiger partial charge in [-0.15, -0.1) is 0 Å². The van der Waals surface area contributed by atoms with Gasteiger partial charge in [0.25, 0.3) is 0 Å². The van der Waals surface area contributed by atoms with E-state index in [0.717, 1.165) is 13.1 Å². The number of ether oxygens (including phenoxy) is 2. The number of nitrogens with two attached hydrogens (primary N) is 1. The number of anilines is 2. The van der Waals surface area contributed by atoms with Crippen molar-refractivity contribution in [2.45, 2.75) is 12.2 Å². The maximum Gasteiger partial charge on any atom is 0.171 e. The van der Waals surface area contributed by atoms with E-state index in [1.165, 1.54) is 0 Å². The molecule has 2 unspecified atom stereocenters. The average molecular weight is 224 g/mol. The smallest absolute Gasteiger partial charge is 0.171 e. The van der Waals surface area contributed by atoms with Crippen LogP contribution in [0, 0.1) is 0 Å². The van der Waals surface area contributed by atoms with E-state index in [0.29, 0.717) is 11.6 Å². The molecule has 0 aliphatic carbocycles. The maximum absolute atomic E-state index is 5.78. The number of hydrogen-bond donors (Lipinski definition) is 1. The van der Waals surface area contributed by atoms with E-state index in [2.05, 4.69) is 9.97 Å². The highest BCUT2D eigenvalue weighted by Gasteiger charge is 2.34. The number of aromatic nitrogens is 2. The van der Waals surface area contributed by atoms with E-state index in [1.54, 1.807) is 26.6 Å². The van der Waals surface area contributed by atoms with Crippen LogP contribution >= 0.6 is 0 Å². The molecule has 0 saturated carbocycles. The Bertz CT molecular complexity index is 348. The summed E-state index contributed by atoms with van der Waals surface area (Å²) in [6.07, 6.45) is 3.31. The largest absolute Gasteiger partial charge is 0.381 e. The lowest BCUT2D eigenvalue weighted by molar-refractivity contribution is -0.00461. The lowest BCUT2D eigenvalue weighted by Crippen LogP contribution is -2.27. The van der Waals surface area contributed by atoms with Crippen LogP contribution < -0.4 is 10.6 Å². The zero-order valence-corrected chi connectivity index (χ0v) is 9.46. The van der Waals surface area contributed by atoms with Crippen molar-refractivity contribution in [1.82, 2.24) is 9.97 Å². The Morgan fingerprint density at radius 2 is 1.75 bits per heavy atom. The van der Waals surface area contributed by atoms with Crippen LogP contribution in [-0.4, -0.2) is 49.5 Å². The molecule has 0 spiro atoms. The van der Waals surface area contributed by atoms with Crippen LogP contribution in [0.5, 0.6) is 0 Å². The third-order valence-electron chi connectivity index (χ3n) is 2.83. The van der Waals surface area contributed by atoms with Gasteiger partial charge in [0.1, 0.15) is 12.2 Å². The Labute approximate surface area is 94.4 Å². The molecule has 0 aromatic carbocycles. The average Bonchev–Trinajstić information content (AvgIpc) is 2.72. The Balaban J connectivity index is 2.16. The van der Waals surface area contributed by atoms with Gasteiger partial charge in [-0.3, -0.25) is 0 Å². The molecule has 1 aliphatic heterocycles. The van der Waals surface area contributed by atoms with Crippen molar-refractivity contribution >= 4 is 11.6 Å². The van der Waals surface area contributed by atoms with Gasteiger partial charge in [-0.2, -0.15) is 0 Å². The second kappa shape index (κ2) is 4.63. The zero-order valence-electron chi connectivity index (χ0n) is 9.46. The second-order valence-electron chi connectivity index (χ2n) is 3.72. The summed E-state index contributed by atoms with van der Waals surface area (Å²) in [5.41, 5.74) is 5.78. The normalized spacial score (nSPS) is 25.0. The lowest BCUT2D eigenvalue weighted by Gasteiger charge is -2.17. The van der Waals surface area contributed by atoms with Gasteiger partial charge in [-0.1, -0.05) is 0 Å². The molecule has 0 bridgehead atoms. The maximum atomic E-state index is 5.78. The fraction of sp³-hybridized carbons (Fsp3) is 0.600. The topological polar surface area (TPSA) is 73.5 Å². The SMILES string of the molecule is COC1CN(c2nccnc2N)CC1OC. The van der Waals surface area contributed by atoms with Gasteiger partial charge in [-0.05, 0) is 0 Å². The van der Waals surface area contributed by atoms with E-state index >= 15 is 0 Å². The number of methoxy groups -OCH3 is 2. The molecule has 1 saturated heterocycles. The fourth-order valence-electron chi connectivity index (χ4n) is 1.95. The van der Waals surface area contributed by atoms with Crippen molar-refractivity contribution in [1.29, 1.82) is 0 Å². The Morgan fingerprint density at radius 3 is 2.25 bits per heavy atom. The molecule has 0 radical (unpaired) electrons. The van der Waals surface area contributed by atoms with E-state index in [1.807, 2.05) is 4.90 Å². The highest BCUT2D eigenvalue weighted by molar-refractivity contribution is 5.58. The lowest BCUT2D eigenvalue weighted by atomic mass is 10.3. The molecule has 2 rings (SSSR count). The summed E-state index contributed by atoms with van der Waals surface area (Å²) in [7, 11) is 3.36. The second-order valence-corrected chi connectivity index (χ2v) is 3.72. The van der Waals surface area contributed by atoms with Crippen molar-refractivity contribution in [3.63, 3.8) is 0 Å². The van der Waals surface area contributed by atoms with Gasteiger partial charge in [-0.25, -0.2) is 9.97 Å². The molecule has 6 nitrogen and oxygen atoms in total. The molecule has 6 heteroatoms. The molecule has 2 atom stereocenters. The third kappa shape index (κ3) is 1.94. The first kappa shape index (κ1) is 11.1. The van der Waals surface area contributed by atoms with Gasteiger partial charge in [0.05, 0.1) is 0 Å². The number of nitrogen functional groups attached to an aromatic ring is 1. The van der Waals surface area contributed by atoms with Crippen LogP contribution in [0.3, 0.4) is 0 Å². The molecular formula is C10H16N4O2. The number of hydrogen-bond acceptors (Lipinski definition) is 6. The Kier molecular flexibility index (Phi) is 3.21. The van der Waals surface area contributed by atoms with E-state index in [9.17, 15) is 0 Å². The molecule has 2 heterocycles. The van der Waals surface area contributed by atoms with E-state index in [4.69, 9.17) is 15.2 Å². The van der Waals surface area contributed by atoms with Gasteiger partial charge in [0, 0.05) is 39.7 Å². The molecule has 1 fully saturated rings. The molecule has 16 heavy (non-hydrogen) atoms. The summed E-state index contributed by atoms with van der Waals surface area (Å²) in [6.45, 7) is 1.44. The number of rotatable bonds is 3. The summed E-state index contributed by atoms with van der Waals surface area (Å²) < 4.78 is 10.7. The minimum atomic E-state index is 0.0476. The zero-order chi connectivity index (χ0) is 11.5. The molecule has 1 aromatic rings. The van der Waals surface area contributed by atoms with Crippen LogP contribution in [0.2, 0.25) is 0 Å². The molecule has 1 aromatic heterocycles. The summed E-state index contributed by atoms with van der Waals surface area (Å²) >= 11 is 0. The number of nitrogens with zero attached hydrogens (tertiary/aromatic N) is 3. The van der Waals surface area contributed by atoms with Crippen LogP contribution in [0.1, 0.15) is 0 Å². The van der Waals surface area contributed by atoms with Crippen molar-refractivity contribution < 1.29 is 9.47 Å².